The number of rotatable bonds is 2. The van der Waals surface area contributed by atoms with E-state index in [-0.39, 0.29) is 17.2 Å². The highest BCUT2D eigenvalue weighted by Crippen LogP contribution is 2.38. The summed E-state index contributed by atoms with van der Waals surface area (Å²) in [6.45, 7) is 1.30. The summed E-state index contributed by atoms with van der Waals surface area (Å²) < 4.78 is 19.5. The molecule has 17 heavy (non-hydrogen) atoms. The van der Waals surface area contributed by atoms with Crippen LogP contribution in [0.3, 0.4) is 0 Å². The van der Waals surface area contributed by atoms with Gasteiger partial charge in [-0.1, -0.05) is 0 Å². The first-order valence-electron chi connectivity index (χ1n) is 5.61. The lowest BCUT2D eigenvalue weighted by Gasteiger charge is -2.28. The Kier molecular flexibility index (Phi) is 4.01. The minimum atomic E-state index is -0.489. The van der Waals surface area contributed by atoms with Crippen molar-refractivity contribution in [3.63, 3.8) is 0 Å². The molecular weight excluding hydrogens is 289 g/mol. The van der Waals surface area contributed by atoms with Gasteiger partial charge < -0.3 is 15.6 Å². The van der Waals surface area contributed by atoms with Gasteiger partial charge in [0.25, 0.3) is 0 Å². The van der Waals surface area contributed by atoms with E-state index in [1.54, 1.807) is 0 Å². The first kappa shape index (κ1) is 12.8. The molecule has 0 spiro atoms. The molecule has 0 aromatic heterocycles. The third-order valence-corrected chi connectivity index (χ3v) is 3.86. The van der Waals surface area contributed by atoms with Gasteiger partial charge in [-0.2, -0.15) is 0 Å². The van der Waals surface area contributed by atoms with E-state index in [0.29, 0.717) is 17.7 Å². The van der Waals surface area contributed by atoms with Gasteiger partial charge in [0, 0.05) is 24.8 Å². The van der Waals surface area contributed by atoms with Crippen molar-refractivity contribution < 1.29 is 14.2 Å². The molecule has 1 heterocycles. The molecule has 3 nitrogen and oxygen atoms in total. The third kappa shape index (κ3) is 2.61. The van der Waals surface area contributed by atoms with Gasteiger partial charge in [-0.05, 0) is 46.8 Å². The summed E-state index contributed by atoms with van der Waals surface area (Å²) in [6.07, 6.45) is 1.60. The number of hydrogen-bond acceptors (Lipinski definition) is 3. The summed E-state index contributed by atoms with van der Waals surface area (Å²) in [7, 11) is 0. The Morgan fingerprint density at radius 1 is 1.41 bits per heavy atom. The van der Waals surface area contributed by atoms with Crippen LogP contribution in [0.4, 0.5) is 4.39 Å². The van der Waals surface area contributed by atoms with Crippen LogP contribution in [0.2, 0.25) is 0 Å². The maximum absolute atomic E-state index is 13.7. The largest absolute Gasteiger partial charge is 0.506 e. The van der Waals surface area contributed by atoms with Crippen LogP contribution in [-0.2, 0) is 4.74 Å². The molecule has 0 unspecified atom stereocenters. The maximum atomic E-state index is 13.7. The standard InChI is InChI=1S/C12H15BrFNO2/c13-8-1-2-9(14)10(12(8)16)11(15)7-3-5-17-6-4-7/h1-2,7,11,16H,3-6,15H2/t11-/m0/s1. The average molecular weight is 304 g/mol. The molecule has 0 aliphatic carbocycles. The van der Waals surface area contributed by atoms with Crippen molar-refractivity contribution in [2.24, 2.45) is 11.7 Å². The molecule has 1 saturated heterocycles. The summed E-state index contributed by atoms with van der Waals surface area (Å²) in [5.74, 6) is -0.396. The zero-order valence-electron chi connectivity index (χ0n) is 9.33. The minimum Gasteiger partial charge on any atom is -0.506 e. The van der Waals surface area contributed by atoms with E-state index in [9.17, 15) is 9.50 Å². The highest BCUT2D eigenvalue weighted by molar-refractivity contribution is 9.10. The summed E-state index contributed by atoms with van der Waals surface area (Å²) in [4.78, 5) is 0. The Hall–Kier alpha value is -0.650. The van der Waals surface area contributed by atoms with Crippen LogP contribution >= 0.6 is 15.9 Å². The number of halogens is 2. The molecule has 2 rings (SSSR count). The van der Waals surface area contributed by atoms with Crippen LogP contribution in [0.15, 0.2) is 16.6 Å². The Bertz CT molecular complexity index is 408. The van der Waals surface area contributed by atoms with Crippen molar-refractivity contribution in [3.05, 3.63) is 28.0 Å². The molecule has 1 fully saturated rings. The fraction of sp³-hybridized carbons (Fsp3) is 0.500. The molecule has 1 aromatic carbocycles. The fourth-order valence-corrected chi connectivity index (χ4v) is 2.53. The molecule has 0 bridgehead atoms. The fourth-order valence-electron chi connectivity index (χ4n) is 2.18. The first-order chi connectivity index (χ1) is 8.11. The van der Waals surface area contributed by atoms with Crippen molar-refractivity contribution in [1.82, 2.24) is 0 Å². The van der Waals surface area contributed by atoms with E-state index in [1.165, 1.54) is 12.1 Å². The topological polar surface area (TPSA) is 55.5 Å². The Morgan fingerprint density at radius 2 is 2.06 bits per heavy atom. The quantitative estimate of drug-likeness (QED) is 0.883. The highest BCUT2D eigenvalue weighted by atomic mass is 79.9. The summed E-state index contributed by atoms with van der Waals surface area (Å²) >= 11 is 3.18. The van der Waals surface area contributed by atoms with Gasteiger partial charge in [0.15, 0.2) is 0 Å². The van der Waals surface area contributed by atoms with Crippen LogP contribution in [-0.4, -0.2) is 18.3 Å². The van der Waals surface area contributed by atoms with E-state index < -0.39 is 11.9 Å². The zero-order chi connectivity index (χ0) is 12.4. The molecule has 1 atom stereocenters. The predicted octanol–water partition coefficient (Wildman–Crippen LogP) is 2.72. The number of aromatic hydroxyl groups is 1. The van der Waals surface area contributed by atoms with Gasteiger partial charge >= 0.3 is 0 Å². The monoisotopic (exact) mass is 303 g/mol. The molecule has 0 amide bonds. The van der Waals surface area contributed by atoms with Crippen molar-refractivity contribution in [2.45, 2.75) is 18.9 Å². The third-order valence-electron chi connectivity index (χ3n) is 3.22. The van der Waals surface area contributed by atoms with Gasteiger partial charge in [-0.15, -0.1) is 0 Å². The lowest BCUT2D eigenvalue weighted by atomic mass is 9.87. The van der Waals surface area contributed by atoms with E-state index in [4.69, 9.17) is 10.5 Å². The van der Waals surface area contributed by atoms with E-state index in [0.717, 1.165) is 12.8 Å². The number of ether oxygens (including phenoxy) is 1. The number of nitrogens with two attached hydrogens (primary N) is 1. The Labute approximate surface area is 108 Å². The van der Waals surface area contributed by atoms with E-state index in [2.05, 4.69) is 15.9 Å². The lowest BCUT2D eigenvalue weighted by molar-refractivity contribution is 0.0577. The molecular formula is C12H15BrFNO2. The molecule has 1 aliphatic heterocycles. The molecule has 0 radical (unpaired) electrons. The molecule has 94 valence electrons. The highest BCUT2D eigenvalue weighted by Gasteiger charge is 2.27. The van der Waals surface area contributed by atoms with E-state index >= 15 is 0 Å². The number of hydrogen-bond donors (Lipinski definition) is 2. The second-order valence-electron chi connectivity index (χ2n) is 4.27. The van der Waals surface area contributed by atoms with Gasteiger partial charge in [-0.3, -0.25) is 0 Å². The summed E-state index contributed by atoms with van der Waals surface area (Å²) in [5.41, 5.74) is 6.26. The van der Waals surface area contributed by atoms with Crippen LogP contribution in [0.5, 0.6) is 5.75 Å². The molecule has 1 aromatic rings. The van der Waals surface area contributed by atoms with Crippen LogP contribution in [0, 0.1) is 11.7 Å². The van der Waals surface area contributed by atoms with Crippen LogP contribution in [0.25, 0.3) is 0 Å². The van der Waals surface area contributed by atoms with Crippen molar-refractivity contribution in [3.8, 4) is 5.75 Å². The normalized spacial score (nSPS) is 19.2. The molecule has 5 heteroatoms. The summed E-state index contributed by atoms with van der Waals surface area (Å²) in [6, 6.07) is 2.31. The van der Waals surface area contributed by atoms with Crippen LogP contribution in [0.1, 0.15) is 24.4 Å². The molecule has 0 saturated carbocycles. The number of benzene rings is 1. The van der Waals surface area contributed by atoms with Gasteiger partial charge in [0.05, 0.1) is 4.47 Å². The second-order valence-corrected chi connectivity index (χ2v) is 5.12. The Balaban J connectivity index is 2.29. The predicted molar refractivity (Wildman–Crippen MR) is 66.2 cm³/mol. The van der Waals surface area contributed by atoms with Crippen molar-refractivity contribution in [1.29, 1.82) is 0 Å². The van der Waals surface area contributed by atoms with Gasteiger partial charge in [0.2, 0.25) is 0 Å². The lowest BCUT2D eigenvalue weighted by Crippen LogP contribution is -2.28. The second kappa shape index (κ2) is 5.33. The first-order valence-corrected chi connectivity index (χ1v) is 6.40. The maximum Gasteiger partial charge on any atom is 0.137 e. The number of phenols is 1. The van der Waals surface area contributed by atoms with Gasteiger partial charge in [0.1, 0.15) is 11.6 Å². The minimum absolute atomic E-state index is 0.0935. The SMILES string of the molecule is N[C@H](c1c(F)ccc(Br)c1O)C1CCOCC1. The van der Waals surface area contributed by atoms with Gasteiger partial charge in [-0.25, -0.2) is 4.39 Å². The smallest absolute Gasteiger partial charge is 0.137 e. The van der Waals surface area contributed by atoms with Crippen LogP contribution < -0.4 is 5.73 Å². The average Bonchev–Trinajstić information content (AvgIpc) is 2.35. The van der Waals surface area contributed by atoms with Crippen molar-refractivity contribution >= 4 is 15.9 Å². The summed E-state index contributed by atoms with van der Waals surface area (Å²) in [5, 5.41) is 9.88. The Morgan fingerprint density at radius 3 is 2.71 bits per heavy atom. The molecule has 3 N–H and O–H groups in total. The molecule has 1 aliphatic rings. The number of phenolic OH excluding ortho intramolecular Hbond substituents is 1. The zero-order valence-corrected chi connectivity index (χ0v) is 10.9. The van der Waals surface area contributed by atoms with Crippen molar-refractivity contribution in [2.75, 3.05) is 13.2 Å². The van der Waals surface area contributed by atoms with E-state index in [1.807, 2.05) is 0 Å².